The molecule has 0 N–H and O–H groups in total. The van der Waals surface area contributed by atoms with Gasteiger partial charge in [-0.15, -0.1) is 0 Å². The standard InChI is InChI=1S/C56H72O8/c1-9-13-17-21-37-41-25-43-38(22-18-14-10-2)45-27-47-40(24-20-16-12-4)48-28-46-39(23-19-15-11-3)44-26-42(37)50-34(6)52(44)60-31-62-54(46)36(8)56(48)64-32-63-55(47)35(7)53(45)61-30-59-51(43)33(5)49(41)57-29-58-50/h25-28,37-40H,9-24,29-32H2,1-8H3. The van der Waals surface area contributed by atoms with E-state index in [0.717, 1.165) is 171 Å². The van der Waals surface area contributed by atoms with Crippen LogP contribution in [-0.4, -0.2) is 27.2 Å². The lowest BCUT2D eigenvalue weighted by Crippen LogP contribution is -2.24. The lowest BCUT2D eigenvalue weighted by molar-refractivity contribution is 0.0956. The minimum atomic E-state index is 0.0161. The summed E-state index contributed by atoms with van der Waals surface area (Å²) in [5.41, 5.74) is 13.8. The zero-order chi connectivity index (χ0) is 44.5. The molecule has 1 aliphatic carbocycles. The molecule has 0 radical (unpaired) electrons. The second-order valence-electron chi connectivity index (χ2n) is 19.2. The highest BCUT2D eigenvalue weighted by Gasteiger charge is 2.40. The van der Waals surface area contributed by atoms with Gasteiger partial charge in [-0.1, -0.05) is 105 Å². The maximum absolute atomic E-state index is 6.80. The molecule has 0 fully saturated rings. The average molecular weight is 873 g/mol. The van der Waals surface area contributed by atoms with Crippen molar-refractivity contribution in [2.75, 3.05) is 27.2 Å². The van der Waals surface area contributed by atoms with E-state index in [9.17, 15) is 0 Å². The summed E-state index contributed by atoms with van der Waals surface area (Å²) in [6.45, 7) is 18.2. The molecule has 8 bridgehead atoms. The number of ether oxygens (including phenoxy) is 8. The fraction of sp³-hybridized carbons (Fsp3) is 0.571. The van der Waals surface area contributed by atoms with Gasteiger partial charge in [-0.25, -0.2) is 0 Å². The van der Waals surface area contributed by atoms with Gasteiger partial charge in [0.15, 0.2) is 0 Å². The summed E-state index contributed by atoms with van der Waals surface area (Å²) in [6.07, 6.45) is 17.4. The molecule has 4 heterocycles. The number of unbranched alkanes of at least 4 members (excludes halogenated alkanes) is 8. The van der Waals surface area contributed by atoms with Crippen molar-refractivity contribution in [3.8, 4) is 46.0 Å². The van der Waals surface area contributed by atoms with E-state index in [0.29, 0.717) is 0 Å². The van der Waals surface area contributed by atoms with Crippen LogP contribution in [0.3, 0.4) is 0 Å². The van der Waals surface area contributed by atoms with Crippen molar-refractivity contribution < 1.29 is 37.9 Å². The highest BCUT2D eigenvalue weighted by atomic mass is 16.7. The van der Waals surface area contributed by atoms with Gasteiger partial charge in [-0.3, -0.25) is 0 Å². The maximum atomic E-state index is 6.80. The van der Waals surface area contributed by atoms with Gasteiger partial charge < -0.3 is 37.9 Å². The number of hydrogen-bond donors (Lipinski definition) is 0. The van der Waals surface area contributed by atoms with Gasteiger partial charge in [0, 0.05) is 90.4 Å². The molecular formula is C56H72O8. The minimum absolute atomic E-state index is 0.0161. The van der Waals surface area contributed by atoms with E-state index in [1.54, 1.807) is 0 Å². The quantitative estimate of drug-likeness (QED) is 0.103. The lowest BCUT2D eigenvalue weighted by atomic mass is 9.74. The summed E-state index contributed by atoms with van der Waals surface area (Å²) in [4.78, 5) is 0. The van der Waals surface area contributed by atoms with E-state index in [2.05, 4.69) is 79.7 Å². The zero-order valence-electron chi connectivity index (χ0n) is 40.0. The van der Waals surface area contributed by atoms with Crippen molar-refractivity contribution in [1.82, 2.24) is 0 Å². The van der Waals surface area contributed by atoms with Crippen molar-refractivity contribution in [3.05, 3.63) is 91.0 Å². The van der Waals surface area contributed by atoms with Gasteiger partial charge in [-0.2, -0.15) is 0 Å². The summed E-state index contributed by atoms with van der Waals surface area (Å²) in [6, 6.07) is 9.92. The van der Waals surface area contributed by atoms with Gasteiger partial charge in [-0.05, 0) is 77.6 Å². The molecule has 0 saturated heterocycles. The van der Waals surface area contributed by atoms with Crippen molar-refractivity contribution in [1.29, 1.82) is 0 Å². The Morgan fingerprint density at radius 2 is 0.469 bits per heavy atom. The Bertz CT molecular complexity index is 1900. The van der Waals surface area contributed by atoms with Crippen LogP contribution < -0.4 is 37.9 Å². The second-order valence-corrected chi connectivity index (χ2v) is 19.2. The first-order chi connectivity index (χ1) is 31.3. The Balaban J connectivity index is 1.44. The maximum Gasteiger partial charge on any atom is 0.230 e. The van der Waals surface area contributed by atoms with Crippen LogP contribution in [0.1, 0.15) is 221 Å². The van der Waals surface area contributed by atoms with Gasteiger partial charge in [0.1, 0.15) is 46.0 Å². The smallest absolute Gasteiger partial charge is 0.230 e. The number of rotatable bonds is 16. The predicted molar refractivity (Wildman–Crippen MR) is 253 cm³/mol. The monoisotopic (exact) mass is 873 g/mol. The summed E-state index contributed by atoms with van der Waals surface area (Å²) < 4.78 is 54.4. The minimum Gasteiger partial charge on any atom is -0.457 e. The number of benzene rings is 4. The van der Waals surface area contributed by atoms with E-state index >= 15 is 0 Å². The molecule has 0 aromatic heterocycles. The van der Waals surface area contributed by atoms with E-state index in [-0.39, 0.29) is 50.8 Å². The van der Waals surface area contributed by atoms with E-state index in [1.165, 1.54) is 44.5 Å². The second kappa shape index (κ2) is 19.4. The summed E-state index contributed by atoms with van der Waals surface area (Å²) in [5, 5.41) is 0. The van der Waals surface area contributed by atoms with Crippen LogP contribution in [0.25, 0.3) is 0 Å². The molecule has 8 nitrogen and oxygen atoms in total. The molecule has 4 aromatic carbocycles. The van der Waals surface area contributed by atoms with Crippen molar-refractivity contribution in [3.63, 3.8) is 0 Å². The largest absolute Gasteiger partial charge is 0.457 e. The molecule has 9 rings (SSSR count). The van der Waals surface area contributed by atoms with Gasteiger partial charge in [0.05, 0.1) is 0 Å². The number of hydrogen-bond acceptors (Lipinski definition) is 8. The summed E-state index contributed by atoms with van der Waals surface area (Å²) in [5.74, 6) is 6.99. The van der Waals surface area contributed by atoms with Crippen LogP contribution >= 0.6 is 0 Å². The SMILES string of the molecule is CCCCCC1c2cc3c4c(C)c2OCOc2c1cc1c(c2C)OCOc2c(cc5c(c2C)OCOc2c(cc(c(c2C)OCO4)C3CCCCC)C5CCCCC)C1CCCCC. The molecule has 0 unspecified atom stereocenters. The third kappa shape index (κ3) is 7.93. The average Bonchev–Trinajstić information content (AvgIpc) is 3.26. The van der Waals surface area contributed by atoms with Crippen molar-refractivity contribution in [2.24, 2.45) is 0 Å². The molecule has 64 heavy (non-hydrogen) atoms. The topological polar surface area (TPSA) is 73.8 Å². The molecule has 0 saturated carbocycles. The van der Waals surface area contributed by atoms with Gasteiger partial charge >= 0.3 is 0 Å². The Hall–Kier alpha value is -4.72. The van der Waals surface area contributed by atoms with Crippen LogP contribution in [0.2, 0.25) is 0 Å². The lowest BCUT2D eigenvalue weighted by Gasteiger charge is -2.37. The Morgan fingerprint density at radius 1 is 0.297 bits per heavy atom. The predicted octanol–water partition coefficient (Wildman–Crippen LogP) is 15.0. The Labute approximate surface area is 382 Å². The first-order valence-electron chi connectivity index (χ1n) is 25.0. The highest BCUT2D eigenvalue weighted by molar-refractivity contribution is 5.69. The van der Waals surface area contributed by atoms with E-state index < -0.39 is 0 Å². The van der Waals surface area contributed by atoms with Crippen LogP contribution in [0.5, 0.6) is 46.0 Å². The third-order valence-corrected chi connectivity index (χ3v) is 15.1. The molecule has 0 amide bonds. The molecule has 4 aromatic rings. The van der Waals surface area contributed by atoms with Crippen LogP contribution in [0.4, 0.5) is 0 Å². The molecule has 344 valence electrons. The van der Waals surface area contributed by atoms with Crippen LogP contribution in [-0.2, 0) is 0 Å². The van der Waals surface area contributed by atoms with Crippen molar-refractivity contribution >= 4 is 0 Å². The Kier molecular flexibility index (Phi) is 13.5. The van der Waals surface area contributed by atoms with E-state index in [4.69, 9.17) is 37.9 Å². The zero-order valence-corrected chi connectivity index (χ0v) is 40.0. The highest BCUT2D eigenvalue weighted by Crippen LogP contribution is 2.58. The van der Waals surface area contributed by atoms with Gasteiger partial charge in [0.2, 0.25) is 27.2 Å². The normalized spacial score (nSPS) is 19.8. The van der Waals surface area contributed by atoms with E-state index in [1.807, 2.05) is 0 Å². The van der Waals surface area contributed by atoms with Crippen LogP contribution in [0.15, 0.2) is 24.3 Å². The molecule has 4 aliphatic heterocycles. The molecule has 0 spiro atoms. The Morgan fingerprint density at radius 3 is 0.625 bits per heavy atom. The molecule has 5 aliphatic rings. The fourth-order valence-corrected chi connectivity index (χ4v) is 11.8. The summed E-state index contributed by atoms with van der Waals surface area (Å²) in [7, 11) is 0. The molecule has 0 atom stereocenters. The fourth-order valence-electron chi connectivity index (χ4n) is 11.8. The van der Waals surface area contributed by atoms with Crippen LogP contribution in [0, 0.1) is 27.7 Å². The first kappa shape index (κ1) is 44.5. The first-order valence-corrected chi connectivity index (χ1v) is 25.0. The van der Waals surface area contributed by atoms with Gasteiger partial charge in [0.25, 0.3) is 0 Å². The molecule has 8 heteroatoms. The summed E-state index contributed by atoms with van der Waals surface area (Å²) >= 11 is 0. The van der Waals surface area contributed by atoms with Crippen molar-refractivity contribution in [2.45, 2.75) is 182 Å². The third-order valence-electron chi connectivity index (χ3n) is 15.1. The molecular weight excluding hydrogens is 801 g/mol.